The number of nitrogens with one attached hydrogen (secondary N) is 3. The third-order valence-corrected chi connectivity index (χ3v) is 4.85. The van der Waals surface area contributed by atoms with Crippen molar-refractivity contribution in [2.24, 2.45) is 0 Å². The van der Waals surface area contributed by atoms with Crippen LogP contribution < -0.4 is 16.0 Å². The summed E-state index contributed by atoms with van der Waals surface area (Å²) in [5.41, 5.74) is 0.909. The van der Waals surface area contributed by atoms with Gasteiger partial charge in [0.2, 0.25) is 0 Å². The Bertz CT molecular complexity index is 838. The Hall–Kier alpha value is -2.68. The van der Waals surface area contributed by atoms with Crippen molar-refractivity contribution < 1.29 is 14.7 Å². The molecule has 0 bridgehead atoms. The number of rotatable bonds is 6. The van der Waals surface area contributed by atoms with Gasteiger partial charge in [-0.15, -0.1) is 0 Å². The zero-order chi connectivity index (χ0) is 20.6. The van der Waals surface area contributed by atoms with Crippen molar-refractivity contribution in [2.75, 3.05) is 36.8 Å². The number of likely N-dealkylation sites (tertiary alicyclic amines) is 1. The van der Waals surface area contributed by atoms with Crippen molar-refractivity contribution in [2.45, 2.75) is 18.9 Å². The summed E-state index contributed by atoms with van der Waals surface area (Å²) in [5, 5.41) is 18.2. The summed E-state index contributed by atoms with van der Waals surface area (Å²) in [5.74, 6) is 0.0527. The van der Waals surface area contributed by atoms with Crippen molar-refractivity contribution >= 4 is 35.0 Å². The summed E-state index contributed by atoms with van der Waals surface area (Å²) in [6.07, 6.45) is 2.78. The lowest BCUT2D eigenvalue weighted by atomic mass is 10.1. The maximum absolute atomic E-state index is 12.4. The van der Waals surface area contributed by atoms with Crippen LogP contribution in [-0.2, 0) is 0 Å². The number of urea groups is 1. The number of benzene rings is 1. The molecule has 9 heteroatoms. The number of anilines is 2. The standard InChI is InChI=1S/C20H24ClN5O3/c21-15-4-5-18(23-13-15)25-19(28)14-2-1-3-16(12-14)24-20(29)22-8-11-26-9-6-17(27)7-10-26/h1-5,12-13,17,27H,6-11H2,(H2,22,24,29)(H,23,25,28). The fourth-order valence-corrected chi connectivity index (χ4v) is 3.13. The molecule has 1 aromatic carbocycles. The average Bonchev–Trinajstić information content (AvgIpc) is 2.71. The van der Waals surface area contributed by atoms with E-state index >= 15 is 0 Å². The molecular weight excluding hydrogens is 394 g/mol. The first-order valence-corrected chi connectivity index (χ1v) is 9.85. The molecule has 3 rings (SSSR count). The average molecular weight is 418 g/mol. The molecular formula is C20H24ClN5O3. The quantitative estimate of drug-likeness (QED) is 0.578. The number of amides is 3. The second kappa shape index (κ2) is 10.2. The van der Waals surface area contributed by atoms with E-state index in [-0.39, 0.29) is 18.0 Å². The van der Waals surface area contributed by atoms with E-state index in [2.05, 4.69) is 25.8 Å². The Labute approximate surface area is 174 Å². The van der Waals surface area contributed by atoms with Gasteiger partial charge in [-0.2, -0.15) is 0 Å². The fourth-order valence-electron chi connectivity index (χ4n) is 3.02. The molecule has 8 nitrogen and oxygen atoms in total. The summed E-state index contributed by atoms with van der Waals surface area (Å²) in [7, 11) is 0. The molecule has 1 aliphatic heterocycles. The second-order valence-corrected chi connectivity index (χ2v) is 7.29. The minimum Gasteiger partial charge on any atom is -0.393 e. The fraction of sp³-hybridized carbons (Fsp3) is 0.350. The molecule has 0 saturated carbocycles. The lowest BCUT2D eigenvalue weighted by Crippen LogP contribution is -2.41. The largest absolute Gasteiger partial charge is 0.393 e. The van der Waals surface area contributed by atoms with Crippen LogP contribution in [0, 0.1) is 0 Å². The highest BCUT2D eigenvalue weighted by molar-refractivity contribution is 6.30. The number of aromatic nitrogens is 1. The van der Waals surface area contributed by atoms with Crippen LogP contribution >= 0.6 is 11.6 Å². The van der Waals surface area contributed by atoms with Crippen molar-refractivity contribution in [3.05, 3.63) is 53.2 Å². The van der Waals surface area contributed by atoms with Crippen molar-refractivity contribution in [1.82, 2.24) is 15.2 Å². The van der Waals surface area contributed by atoms with Crippen LogP contribution in [0.5, 0.6) is 0 Å². The van der Waals surface area contributed by atoms with E-state index in [0.29, 0.717) is 28.6 Å². The Morgan fingerprint density at radius 1 is 1.17 bits per heavy atom. The van der Waals surface area contributed by atoms with Crippen LogP contribution in [-0.4, -0.2) is 59.2 Å². The number of halogens is 1. The van der Waals surface area contributed by atoms with Crippen LogP contribution in [0.4, 0.5) is 16.3 Å². The first kappa shape index (κ1) is 21.0. The van der Waals surface area contributed by atoms with Crippen LogP contribution in [0.3, 0.4) is 0 Å². The molecule has 1 saturated heterocycles. The number of piperidine rings is 1. The minimum absolute atomic E-state index is 0.206. The van der Waals surface area contributed by atoms with Gasteiger partial charge in [0.25, 0.3) is 5.91 Å². The summed E-state index contributed by atoms with van der Waals surface area (Å²) < 4.78 is 0. The van der Waals surface area contributed by atoms with Gasteiger partial charge in [0.1, 0.15) is 5.82 Å². The van der Waals surface area contributed by atoms with Crippen LogP contribution in [0.2, 0.25) is 5.02 Å². The number of hydrogen-bond acceptors (Lipinski definition) is 5. The van der Waals surface area contributed by atoms with Gasteiger partial charge in [-0.05, 0) is 43.2 Å². The summed E-state index contributed by atoms with van der Waals surface area (Å²) in [6, 6.07) is 9.56. The molecule has 29 heavy (non-hydrogen) atoms. The number of aliphatic hydroxyl groups is 1. The summed E-state index contributed by atoms with van der Waals surface area (Å²) in [6.45, 7) is 2.91. The number of carbonyl (C=O) groups is 2. The van der Waals surface area contributed by atoms with Crippen molar-refractivity contribution in [3.8, 4) is 0 Å². The first-order valence-electron chi connectivity index (χ1n) is 9.48. The molecule has 1 fully saturated rings. The monoisotopic (exact) mass is 417 g/mol. The number of nitrogens with zero attached hydrogens (tertiary/aromatic N) is 2. The Kier molecular flexibility index (Phi) is 7.40. The highest BCUT2D eigenvalue weighted by Gasteiger charge is 2.16. The third-order valence-electron chi connectivity index (χ3n) is 4.62. The molecule has 2 aromatic rings. The van der Waals surface area contributed by atoms with E-state index in [1.54, 1.807) is 36.4 Å². The summed E-state index contributed by atoms with van der Waals surface area (Å²) in [4.78, 5) is 30.7. The normalized spacial score (nSPS) is 15.0. The number of carbonyl (C=O) groups excluding carboxylic acids is 2. The third kappa shape index (κ3) is 6.70. The van der Waals surface area contributed by atoms with Gasteiger partial charge in [-0.1, -0.05) is 17.7 Å². The van der Waals surface area contributed by atoms with E-state index < -0.39 is 0 Å². The van der Waals surface area contributed by atoms with Gasteiger partial charge >= 0.3 is 6.03 Å². The van der Waals surface area contributed by atoms with Gasteiger partial charge in [-0.25, -0.2) is 9.78 Å². The van der Waals surface area contributed by atoms with Gasteiger partial charge in [0, 0.05) is 43.6 Å². The predicted molar refractivity (Wildman–Crippen MR) is 112 cm³/mol. The van der Waals surface area contributed by atoms with E-state index in [0.717, 1.165) is 32.5 Å². The maximum Gasteiger partial charge on any atom is 0.319 e. The first-order chi connectivity index (χ1) is 14.0. The predicted octanol–water partition coefficient (Wildman–Crippen LogP) is 2.57. The SMILES string of the molecule is O=C(NCCN1CCC(O)CC1)Nc1cccc(C(=O)Nc2ccc(Cl)cn2)c1. The molecule has 1 aromatic heterocycles. The maximum atomic E-state index is 12.4. The molecule has 0 spiro atoms. The molecule has 0 aliphatic carbocycles. The van der Waals surface area contributed by atoms with E-state index in [1.807, 2.05) is 0 Å². The molecule has 2 heterocycles. The lowest BCUT2D eigenvalue weighted by Gasteiger charge is -2.29. The molecule has 0 unspecified atom stereocenters. The molecule has 3 amide bonds. The Balaban J connectivity index is 1.46. The Morgan fingerprint density at radius 2 is 1.97 bits per heavy atom. The number of aliphatic hydroxyl groups excluding tert-OH is 1. The van der Waals surface area contributed by atoms with E-state index in [1.165, 1.54) is 6.20 Å². The molecule has 1 aliphatic rings. The number of hydrogen-bond donors (Lipinski definition) is 4. The van der Waals surface area contributed by atoms with Crippen LogP contribution in [0.25, 0.3) is 0 Å². The topological polar surface area (TPSA) is 107 Å². The smallest absolute Gasteiger partial charge is 0.319 e. The second-order valence-electron chi connectivity index (χ2n) is 6.85. The van der Waals surface area contributed by atoms with Crippen LogP contribution in [0.1, 0.15) is 23.2 Å². The minimum atomic E-state index is -0.337. The Morgan fingerprint density at radius 3 is 2.69 bits per heavy atom. The van der Waals surface area contributed by atoms with Gasteiger partial charge in [0.15, 0.2) is 0 Å². The number of pyridine rings is 1. The van der Waals surface area contributed by atoms with E-state index in [9.17, 15) is 14.7 Å². The highest BCUT2D eigenvalue weighted by Crippen LogP contribution is 2.14. The lowest BCUT2D eigenvalue weighted by molar-refractivity contribution is 0.0833. The van der Waals surface area contributed by atoms with Gasteiger partial charge < -0.3 is 26.0 Å². The van der Waals surface area contributed by atoms with Crippen molar-refractivity contribution in [3.63, 3.8) is 0 Å². The molecule has 0 radical (unpaired) electrons. The highest BCUT2D eigenvalue weighted by atomic mass is 35.5. The van der Waals surface area contributed by atoms with E-state index in [4.69, 9.17) is 11.6 Å². The zero-order valence-corrected chi connectivity index (χ0v) is 16.7. The van der Waals surface area contributed by atoms with Gasteiger partial charge in [0.05, 0.1) is 11.1 Å². The van der Waals surface area contributed by atoms with Gasteiger partial charge in [-0.3, -0.25) is 4.79 Å². The van der Waals surface area contributed by atoms with Crippen molar-refractivity contribution in [1.29, 1.82) is 0 Å². The zero-order valence-electron chi connectivity index (χ0n) is 15.9. The summed E-state index contributed by atoms with van der Waals surface area (Å²) >= 11 is 5.79. The molecule has 0 atom stereocenters. The van der Waals surface area contributed by atoms with Crippen LogP contribution in [0.15, 0.2) is 42.6 Å². The molecule has 154 valence electrons. The molecule has 4 N–H and O–H groups in total.